The summed E-state index contributed by atoms with van der Waals surface area (Å²) in [6, 6.07) is 9.98. The Bertz CT molecular complexity index is 1110. The number of benzene rings is 1. The number of halogens is 3. The third-order valence-corrected chi connectivity index (χ3v) is 5.21. The summed E-state index contributed by atoms with van der Waals surface area (Å²) in [6.45, 7) is 2.98. The van der Waals surface area contributed by atoms with Gasteiger partial charge in [-0.3, -0.25) is 9.59 Å². The number of alkyl halides is 3. The molecule has 3 heterocycles. The summed E-state index contributed by atoms with van der Waals surface area (Å²) >= 11 is 0. The molecule has 2 amide bonds. The highest BCUT2D eigenvalue weighted by molar-refractivity contribution is 5.95. The number of amides is 2. The number of hydrogen-bond acceptors (Lipinski definition) is 3. The van der Waals surface area contributed by atoms with Gasteiger partial charge in [-0.05, 0) is 37.3 Å². The number of rotatable bonds is 2. The van der Waals surface area contributed by atoms with Crippen LogP contribution in [0, 0.1) is 6.92 Å². The van der Waals surface area contributed by atoms with Gasteiger partial charge in [-0.2, -0.15) is 13.2 Å². The SMILES string of the molecule is Cc1cccc2nc(C(=O)N3CCN(C(=O)c4cccc(C(F)(F)F)c4)CC3)cn12. The van der Waals surface area contributed by atoms with Crippen LogP contribution in [-0.4, -0.2) is 57.2 Å². The molecule has 1 fully saturated rings. The summed E-state index contributed by atoms with van der Waals surface area (Å²) in [4.78, 5) is 32.9. The molecule has 156 valence electrons. The quantitative estimate of drug-likeness (QED) is 0.645. The molecule has 0 N–H and O–H groups in total. The van der Waals surface area contributed by atoms with Gasteiger partial charge in [-0.25, -0.2) is 4.98 Å². The van der Waals surface area contributed by atoms with E-state index in [1.165, 1.54) is 17.0 Å². The molecule has 2 aromatic heterocycles. The highest BCUT2D eigenvalue weighted by Crippen LogP contribution is 2.29. The van der Waals surface area contributed by atoms with Crippen LogP contribution in [-0.2, 0) is 6.18 Å². The number of aryl methyl sites for hydroxylation is 1. The molecule has 0 radical (unpaired) electrons. The lowest BCUT2D eigenvalue weighted by molar-refractivity contribution is -0.137. The van der Waals surface area contributed by atoms with E-state index in [0.717, 1.165) is 17.8 Å². The lowest BCUT2D eigenvalue weighted by atomic mass is 10.1. The summed E-state index contributed by atoms with van der Waals surface area (Å²) < 4.78 is 40.5. The van der Waals surface area contributed by atoms with Crippen LogP contribution in [0.25, 0.3) is 5.65 Å². The van der Waals surface area contributed by atoms with E-state index in [1.807, 2.05) is 29.5 Å². The molecule has 1 aromatic carbocycles. The second-order valence-electron chi connectivity index (χ2n) is 7.18. The molecule has 1 aliphatic rings. The maximum Gasteiger partial charge on any atom is 0.416 e. The van der Waals surface area contributed by atoms with Gasteiger partial charge in [0.05, 0.1) is 5.56 Å². The Hall–Kier alpha value is -3.36. The number of nitrogens with zero attached hydrogens (tertiary/aromatic N) is 4. The monoisotopic (exact) mass is 416 g/mol. The van der Waals surface area contributed by atoms with Crippen molar-refractivity contribution in [1.82, 2.24) is 19.2 Å². The number of hydrogen-bond donors (Lipinski definition) is 0. The Morgan fingerprint density at radius 3 is 2.20 bits per heavy atom. The molecule has 3 aromatic rings. The maximum atomic E-state index is 12.9. The van der Waals surface area contributed by atoms with Crippen molar-refractivity contribution in [2.75, 3.05) is 26.2 Å². The molecule has 1 aliphatic heterocycles. The average Bonchev–Trinajstić information content (AvgIpc) is 3.18. The van der Waals surface area contributed by atoms with Crippen molar-refractivity contribution in [2.24, 2.45) is 0 Å². The maximum absolute atomic E-state index is 12.9. The first-order valence-corrected chi connectivity index (χ1v) is 9.44. The van der Waals surface area contributed by atoms with Crippen molar-refractivity contribution >= 4 is 17.5 Å². The van der Waals surface area contributed by atoms with Crippen LogP contribution in [0.5, 0.6) is 0 Å². The second kappa shape index (κ2) is 7.47. The molecule has 0 saturated carbocycles. The largest absolute Gasteiger partial charge is 0.416 e. The number of carbonyl (C=O) groups is 2. The normalized spacial score (nSPS) is 14.9. The summed E-state index contributed by atoms with van der Waals surface area (Å²) in [6.07, 6.45) is -2.82. The van der Waals surface area contributed by atoms with E-state index < -0.39 is 17.6 Å². The Balaban J connectivity index is 1.44. The van der Waals surface area contributed by atoms with Crippen LogP contribution in [0.15, 0.2) is 48.7 Å². The Morgan fingerprint density at radius 2 is 1.57 bits per heavy atom. The molecule has 1 saturated heterocycles. The zero-order valence-corrected chi connectivity index (χ0v) is 16.2. The molecule has 30 heavy (non-hydrogen) atoms. The van der Waals surface area contributed by atoms with Gasteiger partial charge in [0, 0.05) is 43.6 Å². The molecule has 6 nitrogen and oxygen atoms in total. The molecule has 9 heteroatoms. The van der Waals surface area contributed by atoms with E-state index in [1.54, 1.807) is 11.1 Å². The highest BCUT2D eigenvalue weighted by Gasteiger charge is 2.32. The van der Waals surface area contributed by atoms with Crippen molar-refractivity contribution in [1.29, 1.82) is 0 Å². The molecule has 0 aliphatic carbocycles. The van der Waals surface area contributed by atoms with Crippen molar-refractivity contribution in [3.05, 3.63) is 71.2 Å². The molecule has 0 atom stereocenters. The summed E-state index contributed by atoms with van der Waals surface area (Å²) in [7, 11) is 0. The number of imidazole rings is 1. The van der Waals surface area contributed by atoms with Gasteiger partial charge < -0.3 is 14.2 Å². The lowest BCUT2D eigenvalue weighted by Gasteiger charge is -2.34. The fourth-order valence-corrected chi connectivity index (χ4v) is 3.54. The highest BCUT2D eigenvalue weighted by atomic mass is 19.4. The van der Waals surface area contributed by atoms with Crippen LogP contribution in [0.2, 0.25) is 0 Å². The molecule has 4 rings (SSSR count). The van der Waals surface area contributed by atoms with Gasteiger partial charge in [0.15, 0.2) is 0 Å². The Kier molecular flexibility index (Phi) is 4.97. The minimum atomic E-state index is -4.51. The van der Waals surface area contributed by atoms with Crippen LogP contribution >= 0.6 is 0 Å². The smallest absolute Gasteiger partial charge is 0.335 e. The topological polar surface area (TPSA) is 57.9 Å². The Labute approximate surface area is 170 Å². The van der Waals surface area contributed by atoms with E-state index in [9.17, 15) is 22.8 Å². The first kappa shape index (κ1) is 19.9. The first-order valence-electron chi connectivity index (χ1n) is 9.44. The minimum Gasteiger partial charge on any atom is -0.335 e. The van der Waals surface area contributed by atoms with E-state index in [-0.39, 0.29) is 37.6 Å². The molecular weight excluding hydrogens is 397 g/mol. The first-order chi connectivity index (χ1) is 14.2. The summed E-state index contributed by atoms with van der Waals surface area (Å²) in [5.74, 6) is -0.708. The average molecular weight is 416 g/mol. The summed E-state index contributed by atoms with van der Waals surface area (Å²) in [5, 5.41) is 0. The summed E-state index contributed by atoms with van der Waals surface area (Å²) in [5.41, 5.74) is 1.08. The van der Waals surface area contributed by atoms with Crippen LogP contribution in [0.1, 0.15) is 32.1 Å². The van der Waals surface area contributed by atoms with Crippen LogP contribution in [0.4, 0.5) is 13.2 Å². The van der Waals surface area contributed by atoms with Gasteiger partial charge in [-0.15, -0.1) is 0 Å². The predicted octanol–water partition coefficient (Wildman–Crippen LogP) is 3.26. The zero-order valence-electron chi connectivity index (χ0n) is 16.2. The predicted molar refractivity (Wildman–Crippen MR) is 103 cm³/mol. The fraction of sp³-hybridized carbons (Fsp3) is 0.286. The van der Waals surface area contributed by atoms with Crippen molar-refractivity contribution < 1.29 is 22.8 Å². The van der Waals surface area contributed by atoms with E-state index in [0.29, 0.717) is 11.3 Å². The van der Waals surface area contributed by atoms with E-state index in [4.69, 9.17) is 0 Å². The minimum absolute atomic E-state index is 0.0135. The second-order valence-corrected chi connectivity index (χ2v) is 7.18. The number of pyridine rings is 1. The number of carbonyl (C=O) groups excluding carboxylic acids is 2. The van der Waals surface area contributed by atoms with E-state index in [2.05, 4.69) is 4.98 Å². The number of aromatic nitrogens is 2. The fourth-order valence-electron chi connectivity index (χ4n) is 3.54. The third kappa shape index (κ3) is 3.74. The van der Waals surface area contributed by atoms with Gasteiger partial charge in [0.1, 0.15) is 11.3 Å². The van der Waals surface area contributed by atoms with Crippen LogP contribution in [0.3, 0.4) is 0 Å². The number of piperazine rings is 1. The van der Waals surface area contributed by atoms with Crippen molar-refractivity contribution in [2.45, 2.75) is 13.1 Å². The van der Waals surface area contributed by atoms with Gasteiger partial charge in [-0.1, -0.05) is 12.1 Å². The Morgan fingerprint density at radius 1 is 0.933 bits per heavy atom. The van der Waals surface area contributed by atoms with Gasteiger partial charge in [0.2, 0.25) is 0 Å². The van der Waals surface area contributed by atoms with Crippen LogP contribution < -0.4 is 0 Å². The van der Waals surface area contributed by atoms with Crippen molar-refractivity contribution in [3.63, 3.8) is 0 Å². The number of fused-ring (bicyclic) bond motifs is 1. The molecular formula is C21H19F3N4O2. The standard InChI is InChI=1S/C21H19F3N4O2/c1-14-4-2-7-18-25-17(13-28(14)18)20(30)27-10-8-26(9-11-27)19(29)15-5-3-6-16(12-15)21(22,23)24/h2-7,12-13H,8-11H2,1H3. The molecule has 0 bridgehead atoms. The zero-order chi connectivity index (χ0) is 21.5. The van der Waals surface area contributed by atoms with Crippen molar-refractivity contribution in [3.8, 4) is 0 Å². The molecule has 0 spiro atoms. The molecule has 0 unspecified atom stereocenters. The van der Waals surface area contributed by atoms with Gasteiger partial charge >= 0.3 is 6.18 Å². The van der Waals surface area contributed by atoms with Gasteiger partial charge in [0.25, 0.3) is 11.8 Å². The lowest BCUT2D eigenvalue weighted by Crippen LogP contribution is -2.50. The van der Waals surface area contributed by atoms with E-state index >= 15 is 0 Å². The third-order valence-electron chi connectivity index (χ3n) is 5.21.